The highest BCUT2D eigenvalue weighted by atomic mass is 16.5. The number of methoxy groups -OCH3 is 1. The van der Waals surface area contributed by atoms with Crippen molar-refractivity contribution in [1.82, 2.24) is 29.3 Å². The molecule has 0 aliphatic carbocycles. The fourth-order valence-electron chi connectivity index (χ4n) is 4.29. The second-order valence-corrected chi connectivity index (χ2v) is 8.45. The summed E-state index contributed by atoms with van der Waals surface area (Å²) in [6.07, 6.45) is 3.69. The lowest BCUT2D eigenvalue weighted by Gasteiger charge is -2.27. The number of nitrogens with zero attached hydrogens (tertiary/aromatic N) is 7. The second-order valence-electron chi connectivity index (χ2n) is 8.45. The van der Waals surface area contributed by atoms with Crippen LogP contribution in [0, 0.1) is 6.92 Å². The van der Waals surface area contributed by atoms with Gasteiger partial charge < -0.3 is 14.4 Å². The van der Waals surface area contributed by atoms with Gasteiger partial charge in [-0.25, -0.2) is 9.67 Å². The van der Waals surface area contributed by atoms with Crippen LogP contribution in [0.1, 0.15) is 5.56 Å². The Morgan fingerprint density at radius 3 is 2.66 bits per heavy atom. The number of fused-ring (bicyclic) bond motifs is 1. The van der Waals surface area contributed by atoms with Gasteiger partial charge in [0, 0.05) is 30.9 Å². The number of rotatable bonds is 5. The monoisotopic (exact) mass is 467 g/mol. The van der Waals surface area contributed by atoms with E-state index in [0.29, 0.717) is 36.1 Å². The molecule has 5 aromatic rings. The minimum atomic E-state index is 0.632. The first-order chi connectivity index (χ1) is 17.2. The van der Waals surface area contributed by atoms with Crippen molar-refractivity contribution in [2.45, 2.75) is 6.92 Å². The Morgan fingerprint density at radius 1 is 0.971 bits per heavy atom. The summed E-state index contributed by atoms with van der Waals surface area (Å²) >= 11 is 0. The number of ether oxygens (including phenoxy) is 2. The number of imidazole rings is 1. The van der Waals surface area contributed by atoms with Crippen LogP contribution >= 0.6 is 0 Å². The van der Waals surface area contributed by atoms with Crippen molar-refractivity contribution in [1.29, 1.82) is 0 Å². The van der Waals surface area contributed by atoms with Crippen molar-refractivity contribution < 1.29 is 9.47 Å². The van der Waals surface area contributed by atoms with Gasteiger partial charge in [0.1, 0.15) is 12.1 Å². The Balaban J connectivity index is 1.51. The molecular weight excluding hydrogens is 442 g/mol. The molecule has 4 heterocycles. The predicted molar refractivity (Wildman–Crippen MR) is 134 cm³/mol. The highest BCUT2D eigenvalue weighted by molar-refractivity contribution is 5.82. The summed E-state index contributed by atoms with van der Waals surface area (Å²) in [5.41, 5.74) is 5.41. The molecule has 1 saturated heterocycles. The lowest BCUT2D eigenvalue weighted by molar-refractivity contribution is 0.122. The number of aromatic nitrogens is 6. The minimum absolute atomic E-state index is 0.632. The topological polar surface area (TPSA) is 83.1 Å². The fourth-order valence-corrected chi connectivity index (χ4v) is 4.29. The third-order valence-electron chi connectivity index (χ3n) is 6.11. The smallest absolute Gasteiger partial charge is 0.229 e. The summed E-state index contributed by atoms with van der Waals surface area (Å²) < 4.78 is 14.7. The van der Waals surface area contributed by atoms with Gasteiger partial charge in [0.25, 0.3) is 0 Å². The molecule has 0 radical (unpaired) electrons. The molecular formula is C26H25N7O2. The molecule has 176 valence electrons. The average Bonchev–Trinajstić information content (AvgIpc) is 3.57. The summed E-state index contributed by atoms with van der Waals surface area (Å²) in [6.45, 7) is 4.82. The van der Waals surface area contributed by atoms with E-state index >= 15 is 0 Å². The van der Waals surface area contributed by atoms with Gasteiger partial charge in [-0.05, 0) is 31.2 Å². The average molecular weight is 468 g/mol. The highest BCUT2D eigenvalue weighted by Crippen LogP contribution is 2.27. The molecule has 2 aromatic carbocycles. The first-order valence-electron chi connectivity index (χ1n) is 11.5. The van der Waals surface area contributed by atoms with Crippen LogP contribution in [0.3, 0.4) is 0 Å². The van der Waals surface area contributed by atoms with Crippen molar-refractivity contribution in [3.8, 4) is 28.5 Å². The van der Waals surface area contributed by atoms with E-state index in [9.17, 15) is 0 Å². The molecule has 0 spiro atoms. The van der Waals surface area contributed by atoms with Crippen molar-refractivity contribution >= 4 is 17.1 Å². The van der Waals surface area contributed by atoms with Crippen LogP contribution in [-0.2, 0) is 4.74 Å². The van der Waals surface area contributed by atoms with Gasteiger partial charge >= 0.3 is 0 Å². The maximum Gasteiger partial charge on any atom is 0.229 e. The number of aryl methyl sites for hydroxylation is 1. The molecule has 0 atom stereocenters. The fraction of sp³-hybridized carbons (Fsp3) is 0.231. The highest BCUT2D eigenvalue weighted by Gasteiger charge is 2.21. The molecule has 1 fully saturated rings. The number of anilines is 1. The first kappa shape index (κ1) is 21.3. The van der Waals surface area contributed by atoms with E-state index < -0.39 is 0 Å². The molecule has 0 saturated carbocycles. The molecule has 0 amide bonds. The molecule has 9 nitrogen and oxygen atoms in total. The van der Waals surface area contributed by atoms with E-state index in [1.165, 1.54) is 5.56 Å². The molecule has 3 aromatic heterocycles. The minimum Gasteiger partial charge on any atom is -0.497 e. The van der Waals surface area contributed by atoms with Gasteiger partial charge in [-0.1, -0.05) is 29.8 Å². The normalized spacial score (nSPS) is 13.9. The summed E-state index contributed by atoms with van der Waals surface area (Å²) in [5, 5.41) is 4.85. The van der Waals surface area contributed by atoms with Gasteiger partial charge in [0.2, 0.25) is 5.95 Å². The maximum atomic E-state index is 5.54. The quantitative estimate of drug-likeness (QED) is 0.389. The van der Waals surface area contributed by atoms with Crippen LogP contribution < -0.4 is 9.64 Å². The number of hydrogen-bond donors (Lipinski definition) is 0. The predicted octanol–water partition coefficient (Wildman–Crippen LogP) is 3.82. The molecule has 6 rings (SSSR count). The van der Waals surface area contributed by atoms with Crippen molar-refractivity contribution in [3.63, 3.8) is 0 Å². The van der Waals surface area contributed by atoms with Gasteiger partial charge in [-0.3, -0.25) is 4.57 Å². The van der Waals surface area contributed by atoms with Crippen LogP contribution in [0.5, 0.6) is 5.75 Å². The Kier molecular flexibility index (Phi) is 5.38. The molecule has 0 N–H and O–H groups in total. The molecule has 9 heteroatoms. The Hall–Kier alpha value is -4.24. The third kappa shape index (κ3) is 4.00. The Bertz CT molecular complexity index is 1500. The van der Waals surface area contributed by atoms with Crippen molar-refractivity contribution in [2.75, 3.05) is 38.3 Å². The van der Waals surface area contributed by atoms with Crippen molar-refractivity contribution in [3.05, 3.63) is 72.7 Å². The molecule has 1 aliphatic rings. The summed E-state index contributed by atoms with van der Waals surface area (Å²) in [6, 6.07) is 18.1. The van der Waals surface area contributed by atoms with Crippen LogP contribution in [0.4, 0.5) is 5.95 Å². The van der Waals surface area contributed by atoms with Gasteiger partial charge in [-0.2, -0.15) is 15.1 Å². The Morgan fingerprint density at radius 2 is 1.83 bits per heavy atom. The third-order valence-corrected chi connectivity index (χ3v) is 6.11. The molecule has 1 aliphatic heterocycles. The van der Waals surface area contributed by atoms with Crippen molar-refractivity contribution in [2.24, 2.45) is 0 Å². The van der Waals surface area contributed by atoms with E-state index in [0.717, 1.165) is 35.8 Å². The maximum absolute atomic E-state index is 5.54. The summed E-state index contributed by atoms with van der Waals surface area (Å²) in [4.78, 5) is 16.7. The molecule has 0 bridgehead atoms. The zero-order chi connectivity index (χ0) is 23.8. The van der Waals surface area contributed by atoms with Crippen LogP contribution in [0.15, 0.2) is 67.1 Å². The van der Waals surface area contributed by atoms with E-state index in [1.807, 2.05) is 47.2 Å². The van der Waals surface area contributed by atoms with Crippen LogP contribution in [-0.4, -0.2) is 62.7 Å². The number of benzene rings is 2. The molecule has 35 heavy (non-hydrogen) atoms. The van der Waals surface area contributed by atoms with E-state index in [4.69, 9.17) is 29.5 Å². The first-order valence-corrected chi connectivity index (χ1v) is 11.5. The summed E-state index contributed by atoms with van der Waals surface area (Å²) in [5.74, 6) is 2.03. The molecule has 0 unspecified atom stereocenters. The van der Waals surface area contributed by atoms with E-state index in [1.54, 1.807) is 18.1 Å². The second kappa shape index (κ2) is 8.84. The zero-order valence-electron chi connectivity index (χ0n) is 19.6. The van der Waals surface area contributed by atoms with Gasteiger partial charge in [0.05, 0.1) is 31.7 Å². The number of morpholine rings is 1. The van der Waals surface area contributed by atoms with Crippen LogP contribution in [0.25, 0.3) is 33.9 Å². The Labute approximate surface area is 202 Å². The lowest BCUT2D eigenvalue weighted by Crippen LogP contribution is -2.37. The van der Waals surface area contributed by atoms with Gasteiger partial charge in [-0.15, -0.1) is 0 Å². The van der Waals surface area contributed by atoms with E-state index in [2.05, 4.69) is 30.0 Å². The summed E-state index contributed by atoms with van der Waals surface area (Å²) in [7, 11) is 1.66. The van der Waals surface area contributed by atoms with Crippen LogP contribution in [0.2, 0.25) is 0 Å². The van der Waals surface area contributed by atoms with E-state index in [-0.39, 0.29) is 0 Å². The van der Waals surface area contributed by atoms with Gasteiger partial charge in [0.15, 0.2) is 17.0 Å². The lowest BCUT2D eigenvalue weighted by atomic mass is 10.1. The SMILES string of the molecule is COc1cccc(-n2cnc3c(-n4ccc(-c5cccc(C)c5)n4)nc(N4CCOCC4)nc32)c1. The standard InChI is InChI=1S/C26H25N7O2/c1-18-5-3-6-19(15-18)22-9-10-33(30-22)25-23-24(28-26(29-25)31-11-13-35-14-12-31)32(17-27-23)20-7-4-8-21(16-20)34-2/h3-10,15-17H,11-14H2,1-2H3. The zero-order valence-corrected chi connectivity index (χ0v) is 19.6. The largest absolute Gasteiger partial charge is 0.497 e. The number of hydrogen-bond acceptors (Lipinski definition) is 7.